The molecule has 18 heavy (non-hydrogen) atoms. The first-order valence-electron chi connectivity index (χ1n) is 6.51. The van der Waals surface area contributed by atoms with Crippen LogP contribution in [0.15, 0.2) is 28.7 Å². The lowest BCUT2D eigenvalue weighted by Gasteiger charge is -2.35. The summed E-state index contributed by atoms with van der Waals surface area (Å²) in [6, 6.07) is 8.28. The van der Waals surface area contributed by atoms with E-state index in [0.29, 0.717) is 12.2 Å². The number of hydrogen-bond acceptors (Lipinski definition) is 3. The Labute approximate surface area is 118 Å². The second-order valence-corrected chi connectivity index (χ2v) is 5.87. The minimum absolute atomic E-state index is 0.347. The smallest absolute Gasteiger partial charge is 0.0678 e. The Hall–Kier alpha value is -0.580. The average Bonchev–Trinajstić information content (AvgIpc) is 2.27. The number of halogens is 1. The van der Waals surface area contributed by atoms with E-state index in [1.165, 1.54) is 5.69 Å². The van der Waals surface area contributed by atoms with Gasteiger partial charge in [-0.15, -0.1) is 0 Å². The quantitative estimate of drug-likeness (QED) is 0.925. The third kappa shape index (κ3) is 4.26. The maximum absolute atomic E-state index is 5.73. The molecule has 1 saturated heterocycles. The summed E-state index contributed by atoms with van der Waals surface area (Å²) >= 11 is 3.48. The van der Waals surface area contributed by atoms with Gasteiger partial charge in [-0.05, 0) is 32.0 Å². The molecule has 100 valence electrons. The van der Waals surface area contributed by atoms with Crippen LogP contribution in [0.1, 0.15) is 13.8 Å². The van der Waals surface area contributed by atoms with Gasteiger partial charge >= 0.3 is 0 Å². The first kappa shape index (κ1) is 13.8. The summed E-state index contributed by atoms with van der Waals surface area (Å²) in [5.41, 5.74) is 1.17. The number of benzene rings is 1. The van der Waals surface area contributed by atoms with Crippen molar-refractivity contribution >= 4 is 21.6 Å². The first-order chi connectivity index (χ1) is 8.63. The standard InChI is InChI=1S/C14H21BrN2O/c1-11-9-17(10-12(2)18-11)7-6-16-14-5-3-4-13(15)8-14/h3-5,8,11-12,16H,6-7,9-10H2,1-2H3/t11-,12+. The van der Waals surface area contributed by atoms with Gasteiger partial charge < -0.3 is 10.1 Å². The molecule has 0 aromatic heterocycles. The maximum Gasteiger partial charge on any atom is 0.0678 e. The van der Waals surface area contributed by atoms with Crippen molar-refractivity contribution in [1.29, 1.82) is 0 Å². The minimum atomic E-state index is 0.347. The molecular weight excluding hydrogens is 292 g/mol. The molecule has 3 nitrogen and oxygen atoms in total. The number of rotatable bonds is 4. The van der Waals surface area contributed by atoms with Crippen LogP contribution >= 0.6 is 15.9 Å². The predicted octanol–water partition coefficient (Wildman–Crippen LogP) is 2.97. The van der Waals surface area contributed by atoms with Gasteiger partial charge in [-0.25, -0.2) is 0 Å². The summed E-state index contributed by atoms with van der Waals surface area (Å²) in [7, 11) is 0. The third-order valence-corrected chi connectivity index (χ3v) is 3.57. The van der Waals surface area contributed by atoms with Crippen molar-refractivity contribution in [3.05, 3.63) is 28.7 Å². The van der Waals surface area contributed by atoms with Gasteiger partial charge in [0.15, 0.2) is 0 Å². The van der Waals surface area contributed by atoms with Crippen LogP contribution < -0.4 is 5.32 Å². The van der Waals surface area contributed by atoms with E-state index in [9.17, 15) is 0 Å². The summed E-state index contributed by atoms with van der Waals surface area (Å²) in [4.78, 5) is 2.46. The number of morpholine rings is 1. The van der Waals surface area contributed by atoms with Gasteiger partial charge in [0, 0.05) is 36.3 Å². The highest BCUT2D eigenvalue weighted by atomic mass is 79.9. The van der Waals surface area contributed by atoms with Crippen molar-refractivity contribution in [3.63, 3.8) is 0 Å². The molecule has 1 aromatic rings. The molecule has 0 unspecified atom stereocenters. The Balaban J connectivity index is 1.75. The van der Waals surface area contributed by atoms with E-state index in [2.05, 4.69) is 52.1 Å². The van der Waals surface area contributed by atoms with Gasteiger partial charge in [0.25, 0.3) is 0 Å². The summed E-state index contributed by atoms with van der Waals surface area (Å²) in [5.74, 6) is 0. The zero-order chi connectivity index (χ0) is 13.0. The molecule has 1 aliphatic rings. The monoisotopic (exact) mass is 312 g/mol. The van der Waals surface area contributed by atoms with Crippen molar-refractivity contribution in [2.24, 2.45) is 0 Å². The number of ether oxygens (including phenoxy) is 1. The molecule has 0 radical (unpaired) electrons. The molecule has 4 heteroatoms. The van der Waals surface area contributed by atoms with E-state index in [4.69, 9.17) is 4.74 Å². The van der Waals surface area contributed by atoms with E-state index in [-0.39, 0.29) is 0 Å². The SMILES string of the molecule is C[C@@H]1CN(CCNc2cccc(Br)c2)C[C@H](C)O1. The van der Waals surface area contributed by atoms with Crippen LogP contribution in [0.2, 0.25) is 0 Å². The largest absolute Gasteiger partial charge is 0.384 e. The summed E-state index contributed by atoms with van der Waals surface area (Å²) in [6.07, 6.45) is 0.694. The maximum atomic E-state index is 5.73. The molecule has 1 N–H and O–H groups in total. The van der Waals surface area contributed by atoms with E-state index in [1.807, 2.05) is 12.1 Å². The first-order valence-corrected chi connectivity index (χ1v) is 7.30. The Bertz CT molecular complexity index is 376. The fourth-order valence-corrected chi connectivity index (χ4v) is 2.82. The van der Waals surface area contributed by atoms with Crippen molar-refractivity contribution in [2.45, 2.75) is 26.1 Å². The Morgan fingerprint density at radius 3 is 2.72 bits per heavy atom. The molecule has 0 amide bonds. The predicted molar refractivity (Wildman–Crippen MR) is 79.1 cm³/mol. The molecular formula is C14H21BrN2O. The lowest BCUT2D eigenvalue weighted by atomic mass is 10.2. The van der Waals surface area contributed by atoms with Gasteiger partial charge in [0.1, 0.15) is 0 Å². The number of nitrogens with zero attached hydrogens (tertiary/aromatic N) is 1. The molecule has 0 aliphatic carbocycles. The van der Waals surface area contributed by atoms with Crippen LogP contribution in [-0.4, -0.2) is 43.3 Å². The summed E-state index contributed by atoms with van der Waals surface area (Å²) in [6.45, 7) is 8.38. The van der Waals surface area contributed by atoms with Gasteiger partial charge in [-0.1, -0.05) is 22.0 Å². The van der Waals surface area contributed by atoms with Crippen molar-refractivity contribution in [2.75, 3.05) is 31.5 Å². The molecule has 1 aromatic carbocycles. The molecule has 0 spiro atoms. The van der Waals surface area contributed by atoms with Crippen LogP contribution in [0, 0.1) is 0 Å². The number of hydrogen-bond donors (Lipinski definition) is 1. The van der Waals surface area contributed by atoms with Gasteiger partial charge in [0.2, 0.25) is 0 Å². The molecule has 1 aliphatic heterocycles. The van der Waals surface area contributed by atoms with E-state index < -0.39 is 0 Å². The minimum Gasteiger partial charge on any atom is -0.384 e. The van der Waals surface area contributed by atoms with Crippen LogP contribution in [0.25, 0.3) is 0 Å². The van der Waals surface area contributed by atoms with Gasteiger partial charge in [-0.3, -0.25) is 4.90 Å². The molecule has 0 saturated carbocycles. The number of anilines is 1. The average molecular weight is 313 g/mol. The molecule has 0 bridgehead atoms. The van der Waals surface area contributed by atoms with Crippen molar-refractivity contribution < 1.29 is 4.74 Å². The molecule has 1 fully saturated rings. The van der Waals surface area contributed by atoms with Crippen LogP contribution in [0.4, 0.5) is 5.69 Å². The highest BCUT2D eigenvalue weighted by molar-refractivity contribution is 9.10. The van der Waals surface area contributed by atoms with E-state index in [0.717, 1.165) is 30.7 Å². The highest BCUT2D eigenvalue weighted by Gasteiger charge is 2.21. The number of nitrogens with one attached hydrogen (secondary N) is 1. The van der Waals surface area contributed by atoms with E-state index in [1.54, 1.807) is 0 Å². The van der Waals surface area contributed by atoms with Crippen LogP contribution in [-0.2, 0) is 4.74 Å². The second-order valence-electron chi connectivity index (χ2n) is 4.95. The topological polar surface area (TPSA) is 24.5 Å². The Kier molecular flexibility index (Phi) is 5.03. The molecule has 2 atom stereocenters. The highest BCUT2D eigenvalue weighted by Crippen LogP contribution is 2.15. The van der Waals surface area contributed by atoms with Crippen molar-refractivity contribution in [3.8, 4) is 0 Å². The lowest BCUT2D eigenvalue weighted by Crippen LogP contribution is -2.46. The fraction of sp³-hybridized carbons (Fsp3) is 0.571. The second kappa shape index (κ2) is 6.55. The Morgan fingerprint density at radius 1 is 1.33 bits per heavy atom. The van der Waals surface area contributed by atoms with Gasteiger partial charge in [-0.2, -0.15) is 0 Å². The zero-order valence-electron chi connectivity index (χ0n) is 11.0. The molecule has 1 heterocycles. The van der Waals surface area contributed by atoms with E-state index >= 15 is 0 Å². The summed E-state index contributed by atoms with van der Waals surface area (Å²) < 4.78 is 6.84. The third-order valence-electron chi connectivity index (χ3n) is 3.08. The van der Waals surface area contributed by atoms with Gasteiger partial charge in [0.05, 0.1) is 12.2 Å². The van der Waals surface area contributed by atoms with Crippen LogP contribution in [0.5, 0.6) is 0 Å². The summed E-state index contributed by atoms with van der Waals surface area (Å²) in [5, 5.41) is 3.45. The normalized spacial score (nSPS) is 25.1. The fourth-order valence-electron chi connectivity index (χ4n) is 2.42. The zero-order valence-corrected chi connectivity index (χ0v) is 12.6. The van der Waals surface area contributed by atoms with Crippen LogP contribution in [0.3, 0.4) is 0 Å². The van der Waals surface area contributed by atoms with Crippen molar-refractivity contribution in [1.82, 2.24) is 4.90 Å². The lowest BCUT2D eigenvalue weighted by molar-refractivity contribution is -0.0667. The molecule has 2 rings (SSSR count). The Morgan fingerprint density at radius 2 is 2.06 bits per heavy atom.